The molecule has 90 valence electrons. The number of para-hydroxylation sites is 1. The molecule has 0 atom stereocenters. The smallest absolute Gasteiger partial charge is 0.0723 e. The summed E-state index contributed by atoms with van der Waals surface area (Å²) in [5, 5.41) is 2.43. The molecule has 0 aliphatic rings. The van der Waals surface area contributed by atoms with E-state index in [1.54, 1.807) is 0 Å². The van der Waals surface area contributed by atoms with E-state index in [0.29, 0.717) is 0 Å². The van der Waals surface area contributed by atoms with Gasteiger partial charge in [-0.15, -0.1) is 0 Å². The lowest BCUT2D eigenvalue weighted by molar-refractivity contribution is 1.14. The Morgan fingerprint density at radius 3 is 2.74 bits per heavy atom. The van der Waals surface area contributed by atoms with Crippen LogP contribution in [0.1, 0.15) is 0 Å². The quantitative estimate of drug-likeness (QED) is 0.491. The Morgan fingerprint density at radius 2 is 1.74 bits per heavy atom. The molecule has 2 nitrogen and oxygen atoms in total. The SMILES string of the molecule is c1ccc2c(c1)ccn2-c1cccc2ncccc12. The molecular weight excluding hydrogens is 232 g/mol. The van der Waals surface area contributed by atoms with Gasteiger partial charge in [0.25, 0.3) is 0 Å². The molecule has 2 heterocycles. The molecule has 2 aromatic heterocycles. The van der Waals surface area contributed by atoms with E-state index in [4.69, 9.17) is 0 Å². The normalized spacial score (nSPS) is 11.2. The Bertz CT molecular complexity index is 869. The fourth-order valence-electron chi connectivity index (χ4n) is 2.59. The largest absolute Gasteiger partial charge is 0.316 e. The average molecular weight is 244 g/mol. The van der Waals surface area contributed by atoms with Gasteiger partial charge in [0.1, 0.15) is 0 Å². The first-order chi connectivity index (χ1) is 9.43. The molecule has 0 fully saturated rings. The predicted molar refractivity (Wildman–Crippen MR) is 78.6 cm³/mol. The summed E-state index contributed by atoms with van der Waals surface area (Å²) < 4.78 is 2.22. The number of aromatic nitrogens is 2. The third-order valence-corrected chi connectivity index (χ3v) is 3.48. The Hall–Kier alpha value is -2.61. The van der Waals surface area contributed by atoms with Gasteiger partial charge in [-0.25, -0.2) is 0 Å². The topological polar surface area (TPSA) is 17.8 Å². The van der Waals surface area contributed by atoms with Crippen LogP contribution in [0.15, 0.2) is 73.1 Å². The van der Waals surface area contributed by atoms with Crippen molar-refractivity contribution in [3.8, 4) is 5.69 Å². The number of pyridine rings is 1. The van der Waals surface area contributed by atoms with Crippen molar-refractivity contribution in [2.75, 3.05) is 0 Å². The van der Waals surface area contributed by atoms with Crippen LogP contribution in [-0.4, -0.2) is 9.55 Å². The molecule has 2 aromatic carbocycles. The van der Waals surface area contributed by atoms with Crippen LogP contribution in [0.2, 0.25) is 0 Å². The Labute approximate surface area is 110 Å². The number of hydrogen-bond acceptors (Lipinski definition) is 1. The second-order valence-corrected chi connectivity index (χ2v) is 4.59. The zero-order valence-electron chi connectivity index (χ0n) is 10.3. The Morgan fingerprint density at radius 1 is 0.789 bits per heavy atom. The van der Waals surface area contributed by atoms with Crippen molar-refractivity contribution in [1.29, 1.82) is 0 Å². The van der Waals surface area contributed by atoms with Crippen molar-refractivity contribution < 1.29 is 0 Å². The molecule has 0 saturated heterocycles. The fourth-order valence-corrected chi connectivity index (χ4v) is 2.59. The van der Waals surface area contributed by atoms with E-state index in [1.165, 1.54) is 22.0 Å². The summed E-state index contributed by atoms with van der Waals surface area (Å²) in [4.78, 5) is 4.42. The minimum absolute atomic E-state index is 1.03. The second-order valence-electron chi connectivity index (χ2n) is 4.59. The van der Waals surface area contributed by atoms with Gasteiger partial charge in [0.15, 0.2) is 0 Å². The van der Waals surface area contributed by atoms with Gasteiger partial charge in [0.05, 0.1) is 16.7 Å². The standard InChI is InChI=1S/C17H12N2/c1-2-8-16-13(5-1)10-12-19(16)17-9-3-7-15-14(17)6-4-11-18-15/h1-12H. The van der Waals surface area contributed by atoms with Crippen LogP contribution in [0.3, 0.4) is 0 Å². The van der Waals surface area contributed by atoms with Crippen molar-refractivity contribution in [2.24, 2.45) is 0 Å². The number of rotatable bonds is 1. The first-order valence-electron chi connectivity index (χ1n) is 6.34. The van der Waals surface area contributed by atoms with E-state index in [0.717, 1.165) is 5.52 Å². The van der Waals surface area contributed by atoms with Crippen LogP contribution >= 0.6 is 0 Å². The fraction of sp³-hybridized carbons (Fsp3) is 0. The van der Waals surface area contributed by atoms with Crippen molar-refractivity contribution in [3.63, 3.8) is 0 Å². The Balaban J connectivity index is 2.10. The summed E-state index contributed by atoms with van der Waals surface area (Å²) in [5.41, 5.74) is 3.42. The number of nitrogens with zero attached hydrogens (tertiary/aromatic N) is 2. The molecule has 0 N–H and O–H groups in total. The molecule has 19 heavy (non-hydrogen) atoms. The zero-order chi connectivity index (χ0) is 12.7. The van der Waals surface area contributed by atoms with E-state index in [9.17, 15) is 0 Å². The molecule has 0 radical (unpaired) electrons. The van der Waals surface area contributed by atoms with Gasteiger partial charge in [-0.1, -0.05) is 24.3 Å². The van der Waals surface area contributed by atoms with Crippen molar-refractivity contribution in [2.45, 2.75) is 0 Å². The van der Waals surface area contributed by atoms with Crippen LogP contribution in [-0.2, 0) is 0 Å². The van der Waals surface area contributed by atoms with Crippen molar-refractivity contribution >= 4 is 21.8 Å². The highest BCUT2D eigenvalue weighted by molar-refractivity contribution is 5.90. The summed E-state index contributed by atoms with van der Waals surface area (Å²) >= 11 is 0. The number of fused-ring (bicyclic) bond motifs is 2. The molecule has 0 aliphatic heterocycles. The maximum absolute atomic E-state index is 4.42. The Kier molecular flexibility index (Phi) is 2.15. The van der Waals surface area contributed by atoms with Crippen molar-refractivity contribution in [3.05, 3.63) is 73.1 Å². The summed E-state index contributed by atoms with van der Waals surface area (Å²) in [7, 11) is 0. The summed E-state index contributed by atoms with van der Waals surface area (Å²) in [6.45, 7) is 0. The molecular formula is C17H12N2. The lowest BCUT2D eigenvalue weighted by Gasteiger charge is -2.08. The summed E-state index contributed by atoms with van der Waals surface area (Å²) in [5.74, 6) is 0. The molecule has 0 saturated carbocycles. The maximum atomic E-state index is 4.42. The minimum atomic E-state index is 1.03. The lowest BCUT2D eigenvalue weighted by Crippen LogP contribution is -1.93. The van der Waals surface area contributed by atoms with Crippen LogP contribution in [0, 0.1) is 0 Å². The first-order valence-corrected chi connectivity index (χ1v) is 6.34. The van der Waals surface area contributed by atoms with E-state index in [2.05, 4.69) is 64.3 Å². The molecule has 0 spiro atoms. The first kappa shape index (κ1) is 10.3. The minimum Gasteiger partial charge on any atom is -0.316 e. The lowest BCUT2D eigenvalue weighted by atomic mass is 10.1. The maximum Gasteiger partial charge on any atom is 0.0723 e. The highest BCUT2D eigenvalue weighted by atomic mass is 15.0. The summed E-state index contributed by atoms with van der Waals surface area (Å²) in [6.07, 6.45) is 3.95. The van der Waals surface area contributed by atoms with E-state index in [1.807, 2.05) is 18.3 Å². The average Bonchev–Trinajstić information content (AvgIpc) is 2.90. The molecule has 0 bridgehead atoms. The monoisotopic (exact) mass is 244 g/mol. The number of hydrogen-bond donors (Lipinski definition) is 0. The third kappa shape index (κ3) is 1.54. The molecule has 0 aliphatic carbocycles. The van der Waals surface area contributed by atoms with Crippen LogP contribution in [0.4, 0.5) is 0 Å². The van der Waals surface area contributed by atoms with Gasteiger partial charge >= 0.3 is 0 Å². The third-order valence-electron chi connectivity index (χ3n) is 3.48. The van der Waals surface area contributed by atoms with Gasteiger partial charge < -0.3 is 4.57 Å². The molecule has 4 aromatic rings. The van der Waals surface area contributed by atoms with E-state index >= 15 is 0 Å². The molecule has 4 rings (SSSR count). The number of benzene rings is 2. The van der Waals surface area contributed by atoms with Gasteiger partial charge in [0.2, 0.25) is 0 Å². The van der Waals surface area contributed by atoms with Gasteiger partial charge in [-0.3, -0.25) is 4.98 Å². The molecule has 0 amide bonds. The van der Waals surface area contributed by atoms with E-state index < -0.39 is 0 Å². The highest BCUT2D eigenvalue weighted by Crippen LogP contribution is 2.25. The van der Waals surface area contributed by atoms with E-state index in [-0.39, 0.29) is 0 Å². The highest BCUT2D eigenvalue weighted by Gasteiger charge is 2.06. The van der Waals surface area contributed by atoms with Crippen molar-refractivity contribution in [1.82, 2.24) is 9.55 Å². The molecule has 0 unspecified atom stereocenters. The van der Waals surface area contributed by atoms with Gasteiger partial charge in [-0.2, -0.15) is 0 Å². The zero-order valence-corrected chi connectivity index (χ0v) is 10.3. The second kappa shape index (κ2) is 3.95. The predicted octanol–water partition coefficient (Wildman–Crippen LogP) is 4.18. The van der Waals surface area contributed by atoms with Gasteiger partial charge in [0, 0.05) is 17.8 Å². The molecule has 2 heteroatoms. The van der Waals surface area contributed by atoms with Gasteiger partial charge in [-0.05, 0) is 41.8 Å². The van der Waals surface area contributed by atoms with Crippen LogP contribution < -0.4 is 0 Å². The van der Waals surface area contributed by atoms with Crippen LogP contribution in [0.25, 0.3) is 27.5 Å². The summed E-state index contributed by atoms with van der Waals surface area (Å²) in [6, 6.07) is 20.9. The van der Waals surface area contributed by atoms with Crippen LogP contribution in [0.5, 0.6) is 0 Å².